The first-order valence-corrected chi connectivity index (χ1v) is 5.58. The molecule has 0 fully saturated rings. The molecule has 0 amide bonds. The largest absolute Gasteiger partial charge is 1.00 e. The van der Waals surface area contributed by atoms with Crippen LogP contribution in [-0.2, 0) is 9.53 Å². The van der Waals surface area contributed by atoms with Crippen LogP contribution in [-0.4, -0.2) is 25.8 Å². The number of hydrogen-bond donors (Lipinski definition) is 0. The summed E-state index contributed by atoms with van der Waals surface area (Å²) in [6.07, 6.45) is -1.13. The van der Waals surface area contributed by atoms with E-state index in [1.54, 1.807) is 6.07 Å². The van der Waals surface area contributed by atoms with Gasteiger partial charge in [0.2, 0.25) is 0 Å². The van der Waals surface area contributed by atoms with E-state index in [1.807, 2.05) is 26.0 Å². The van der Waals surface area contributed by atoms with Gasteiger partial charge >= 0.3 is 29.6 Å². The van der Waals surface area contributed by atoms with Crippen LogP contribution in [0.1, 0.15) is 18.1 Å². The van der Waals surface area contributed by atoms with Crippen molar-refractivity contribution in [2.75, 3.05) is 13.7 Å². The third-order valence-corrected chi connectivity index (χ3v) is 2.45. The van der Waals surface area contributed by atoms with Crippen LogP contribution < -0.4 is 39.4 Å². The van der Waals surface area contributed by atoms with E-state index in [-0.39, 0.29) is 36.2 Å². The number of carboxylic acids is 1. The second-order valence-electron chi connectivity index (χ2n) is 4.16. The molecule has 98 valence electrons. The van der Waals surface area contributed by atoms with E-state index in [2.05, 4.69) is 6.58 Å². The molecule has 0 N–H and O–H groups in total. The van der Waals surface area contributed by atoms with Crippen LogP contribution in [0.3, 0.4) is 0 Å². The number of allylic oxidation sites excluding steroid dienone is 1. The molecule has 0 saturated heterocycles. The van der Waals surface area contributed by atoms with Crippen molar-refractivity contribution in [1.29, 1.82) is 0 Å². The number of hydrogen-bond acceptors (Lipinski definition) is 4. The van der Waals surface area contributed by atoms with Crippen LogP contribution in [0.15, 0.2) is 24.8 Å². The quantitative estimate of drug-likeness (QED) is 0.572. The van der Waals surface area contributed by atoms with E-state index in [4.69, 9.17) is 9.47 Å². The minimum atomic E-state index is -1.30. The number of ether oxygens (including phenoxy) is 2. The Hall–Kier alpha value is -0.810. The smallest absolute Gasteiger partial charge is 0.546 e. The summed E-state index contributed by atoms with van der Waals surface area (Å²) in [7, 11) is 1.41. The Morgan fingerprint density at radius 3 is 2.58 bits per heavy atom. The summed E-state index contributed by atoms with van der Waals surface area (Å²) in [5, 5.41) is 10.9. The van der Waals surface area contributed by atoms with Gasteiger partial charge in [-0.25, -0.2) is 0 Å². The van der Waals surface area contributed by atoms with Crippen molar-refractivity contribution in [2.24, 2.45) is 0 Å². The molecule has 0 spiro atoms. The molecule has 1 rings (SSSR count). The van der Waals surface area contributed by atoms with Crippen LogP contribution in [0.25, 0.3) is 5.57 Å². The second-order valence-corrected chi connectivity index (χ2v) is 4.16. The molecule has 0 bridgehead atoms. The standard InChI is InChI=1S/C14H18O4.Na/c1-9(2)11-6-5-10(3)7-12(11)18-13(8-17-4)14(15)16;/h5-7,13H,1,8H2,2-4H3,(H,15,16);/q;+1/p-1. The first-order valence-electron chi connectivity index (χ1n) is 5.58. The monoisotopic (exact) mass is 272 g/mol. The van der Waals surface area contributed by atoms with E-state index in [0.717, 1.165) is 16.7 Å². The van der Waals surface area contributed by atoms with Crippen molar-refractivity contribution < 1.29 is 48.9 Å². The molecule has 0 aliphatic rings. The van der Waals surface area contributed by atoms with Gasteiger partial charge in [-0.3, -0.25) is 0 Å². The van der Waals surface area contributed by atoms with Crippen molar-refractivity contribution in [3.8, 4) is 5.75 Å². The van der Waals surface area contributed by atoms with Gasteiger partial charge in [0.1, 0.15) is 5.75 Å². The van der Waals surface area contributed by atoms with Crippen LogP contribution >= 0.6 is 0 Å². The van der Waals surface area contributed by atoms with E-state index in [1.165, 1.54) is 7.11 Å². The maximum Gasteiger partial charge on any atom is 1.00 e. The summed E-state index contributed by atoms with van der Waals surface area (Å²) >= 11 is 0. The van der Waals surface area contributed by atoms with Crippen molar-refractivity contribution in [3.63, 3.8) is 0 Å². The van der Waals surface area contributed by atoms with Crippen molar-refractivity contribution in [1.82, 2.24) is 0 Å². The number of aliphatic carboxylic acids is 1. The molecule has 1 aromatic carbocycles. The van der Waals surface area contributed by atoms with Gasteiger partial charge in [-0.15, -0.1) is 0 Å². The SMILES string of the molecule is C=C(C)c1ccc(C)cc1OC(COC)C(=O)[O-].[Na+]. The third kappa shape index (κ3) is 5.37. The Labute approximate surface area is 135 Å². The number of carboxylic acid groups (broad SMARTS) is 1. The molecule has 0 heterocycles. The fourth-order valence-electron chi connectivity index (χ4n) is 1.53. The average molecular weight is 272 g/mol. The molecule has 0 saturated carbocycles. The van der Waals surface area contributed by atoms with E-state index in [0.29, 0.717) is 5.75 Å². The Morgan fingerprint density at radius 2 is 2.11 bits per heavy atom. The molecule has 0 aromatic heterocycles. The minimum Gasteiger partial charge on any atom is -0.546 e. The summed E-state index contributed by atoms with van der Waals surface area (Å²) in [5.74, 6) is -0.820. The zero-order valence-corrected chi connectivity index (χ0v) is 13.9. The van der Waals surface area contributed by atoms with Gasteiger partial charge in [0, 0.05) is 12.7 Å². The van der Waals surface area contributed by atoms with Gasteiger partial charge in [-0.05, 0) is 31.1 Å². The third-order valence-electron chi connectivity index (χ3n) is 2.45. The average Bonchev–Trinajstić information content (AvgIpc) is 2.28. The van der Waals surface area contributed by atoms with Crippen LogP contribution in [0, 0.1) is 6.92 Å². The topological polar surface area (TPSA) is 58.6 Å². The van der Waals surface area contributed by atoms with E-state index >= 15 is 0 Å². The second kappa shape index (κ2) is 8.38. The first kappa shape index (κ1) is 18.2. The molecule has 0 aliphatic carbocycles. The fraction of sp³-hybridized carbons (Fsp3) is 0.357. The summed E-state index contributed by atoms with van der Waals surface area (Å²) in [5.41, 5.74) is 2.56. The van der Waals surface area contributed by atoms with E-state index < -0.39 is 12.1 Å². The van der Waals surface area contributed by atoms with Crippen LogP contribution in [0.4, 0.5) is 0 Å². The molecule has 0 radical (unpaired) electrons. The maximum absolute atomic E-state index is 10.9. The number of aryl methyl sites for hydroxylation is 1. The first-order chi connectivity index (χ1) is 8.45. The molecular formula is C14H17NaO4. The molecule has 5 heteroatoms. The van der Waals surface area contributed by atoms with Crippen LogP contribution in [0.5, 0.6) is 5.75 Å². The number of methoxy groups -OCH3 is 1. The molecule has 1 atom stereocenters. The van der Waals surface area contributed by atoms with Gasteiger partial charge in [0.05, 0.1) is 12.6 Å². The van der Waals surface area contributed by atoms with Gasteiger partial charge in [-0.2, -0.15) is 0 Å². The Balaban J connectivity index is 0.00000324. The predicted molar refractivity (Wildman–Crippen MR) is 67.2 cm³/mol. The summed E-state index contributed by atoms with van der Waals surface area (Å²) in [6.45, 7) is 7.51. The van der Waals surface area contributed by atoms with Gasteiger partial charge < -0.3 is 19.4 Å². The number of carbonyl (C=O) groups excluding carboxylic acids is 1. The predicted octanol–water partition coefficient (Wildman–Crippen LogP) is -1.82. The zero-order chi connectivity index (χ0) is 13.7. The molecule has 0 aliphatic heterocycles. The van der Waals surface area contributed by atoms with Crippen molar-refractivity contribution in [3.05, 3.63) is 35.9 Å². The normalized spacial score (nSPS) is 11.3. The van der Waals surface area contributed by atoms with Gasteiger partial charge in [0.15, 0.2) is 6.10 Å². The minimum absolute atomic E-state index is 0. The molecule has 1 aromatic rings. The molecule has 4 nitrogen and oxygen atoms in total. The maximum atomic E-state index is 10.9. The number of carbonyl (C=O) groups is 1. The van der Waals surface area contributed by atoms with Crippen molar-refractivity contribution >= 4 is 11.5 Å². The number of rotatable bonds is 6. The molecule has 19 heavy (non-hydrogen) atoms. The Morgan fingerprint density at radius 1 is 1.47 bits per heavy atom. The zero-order valence-electron chi connectivity index (χ0n) is 11.9. The fourth-order valence-corrected chi connectivity index (χ4v) is 1.53. The van der Waals surface area contributed by atoms with Gasteiger partial charge in [-0.1, -0.05) is 18.7 Å². The van der Waals surface area contributed by atoms with Crippen LogP contribution in [0.2, 0.25) is 0 Å². The van der Waals surface area contributed by atoms with E-state index in [9.17, 15) is 9.90 Å². The Kier molecular flexibility index (Phi) is 8.02. The summed E-state index contributed by atoms with van der Waals surface area (Å²) in [4.78, 5) is 10.9. The summed E-state index contributed by atoms with van der Waals surface area (Å²) in [6, 6.07) is 5.54. The number of benzene rings is 1. The summed E-state index contributed by atoms with van der Waals surface area (Å²) < 4.78 is 10.2. The Bertz CT molecular complexity index is 457. The van der Waals surface area contributed by atoms with Gasteiger partial charge in [0.25, 0.3) is 0 Å². The molecule has 1 unspecified atom stereocenters. The molecular weight excluding hydrogens is 255 g/mol. The van der Waals surface area contributed by atoms with Crippen molar-refractivity contribution in [2.45, 2.75) is 20.0 Å².